The highest BCUT2D eigenvalue weighted by molar-refractivity contribution is 7.98. The van der Waals surface area contributed by atoms with Crippen LogP contribution in [0.1, 0.15) is 19.3 Å². The molecule has 0 saturated heterocycles. The van der Waals surface area contributed by atoms with E-state index >= 15 is 0 Å². The van der Waals surface area contributed by atoms with Gasteiger partial charge in [0.15, 0.2) is 0 Å². The SMILES string of the molecule is CSCCNC(=O)NC1(C(=O)O)CCC1. The summed E-state index contributed by atoms with van der Waals surface area (Å²) in [4.78, 5) is 22.3. The summed E-state index contributed by atoms with van der Waals surface area (Å²) in [5.41, 5.74) is -1.01. The Bertz CT molecular complexity index is 254. The zero-order valence-electron chi connectivity index (χ0n) is 8.71. The van der Waals surface area contributed by atoms with Gasteiger partial charge in [-0.25, -0.2) is 9.59 Å². The number of nitrogens with one attached hydrogen (secondary N) is 2. The number of carboxylic acid groups (broad SMARTS) is 1. The van der Waals surface area contributed by atoms with Crippen molar-refractivity contribution in [3.63, 3.8) is 0 Å². The van der Waals surface area contributed by atoms with E-state index in [2.05, 4.69) is 10.6 Å². The van der Waals surface area contributed by atoms with Crippen LogP contribution >= 0.6 is 11.8 Å². The van der Waals surface area contributed by atoms with Gasteiger partial charge in [0.1, 0.15) is 5.54 Å². The average Bonchev–Trinajstić information content (AvgIpc) is 2.11. The highest BCUT2D eigenvalue weighted by Crippen LogP contribution is 2.31. The van der Waals surface area contributed by atoms with Crippen molar-refractivity contribution in [3.8, 4) is 0 Å². The Kier molecular flexibility index (Phi) is 4.26. The molecule has 0 unspecified atom stereocenters. The van der Waals surface area contributed by atoms with Gasteiger partial charge in [-0.05, 0) is 25.5 Å². The standard InChI is InChI=1S/C9H16N2O3S/c1-15-6-5-10-8(14)11-9(7(12)13)3-2-4-9/h2-6H2,1H3,(H,12,13)(H2,10,11,14). The van der Waals surface area contributed by atoms with Crippen LogP contribution in [0.5, 0.6) is 0 Å². The molecule has 0 bridgehead atoms. The van der Waals surface area contributed by atoms with Crippen molar-refractivity contribution in [1.29, 1.82) is 0 Å². The number of thioether (sulfide) groups is 1. The van der Waals surface area contributed by atoms with Crippen LogP contribution < -0.4 is 10.6 Å². The minimum absolute atomic E-state index is 0.383. The van der Waals surface area contributed by atoms with Crippen LogP contribution in [-0.2, 0) is 4.79 Å². The lowest BCUT2D eigenvalue weighted by Crippen LogP contribution is -2.61. The Morgan fingerprint density at radius 1 is 1.47 bits per heavy atom. The summed E-state index contributed by atoms with van der Waals surface area (Å²) in [6.45, 7) is 0.558. The molecule has 2 amide bonds. The minimum atomic E-state index is -1.01. The Morgan fingerprint density at radius 3 is 2.53 bits per heavy atom. The van der Waals surface area contributed by atoms with E-state index in [1.54, 1.807) is 11.8 Å². The Hall–Kier alpha value is -0.910. The van der Waals surface area contributed by atoms with Gasteiger partial charge in [0, 0.05) is 12.3 Å². The molecule has 0 aromatic carbocycles. The van der Waals surface area contributed by atoms with Crippen molar-refractivity contribution in [2.75, 3.05) is 18.6 Å². The zero-order valence-corrected chi connectivity index (χ0v) is 9.52. The second-order valence-corrected chi connectivity index (χ2v) is 4.60. The van der Waals surface area contributed by atoms with E-state index in [1.807, 2.05) is 6.26 Å². The van der Waals surface area contributed by atoms with Gasteiger partial charge in [-0.3, -0.25) is 0 Å². The molecule has 0 spiro atoms. The molecule has 0 aliphatic heterocycles. The molecule has 1 rings (SSSR count). The smallest absolute Gasteiger partial charge is 0.329 e. The average molecular weight is 232 g/mol. The lowest BCUT2D eigenvalue weighted by molar-refractivity contribution is -0.148. The number of carbonyl (C=O) groups excluding carboxylic acids is 1. The van der Waals surface area contributed by atoms with Crippen molar-refractivity contribution in [2.24, 2.45) is 0 Å². The first-order chi connectivity index (χ1) is 7.10. The minimum Gasteiger partial charge on any atom is -0.480 e. The quantitative estimate of drug-likeness (QED) is 0.608. The molecule has 0 aromatic heterocycles. The fraction of sp³-hybridized carbons (Fsp3) is 0.778. The second kappa shape index (κ2) is 5.25. The van der Waals surface area contributed by atoms with E-state index in [4.69, 9.17) is 5.11 Å². The van der Waals surface area contributed by atoms with Crippen molar-refractivity contribution >= 4 is 23.8 Å². The van der Waals surface area contributed by atoms with Gasteiger partial charge in [-0.15, -0.1) is 0 Å². The molecule has 0 aromatic rings. The summed E-state index contributed by atoms with van der Waals surface area (Å²) < 4.78 is 0. The molecule has 1 fully saturated rings. The van der Waals surface area contributed by atoms with Gasteiger partial charge >= 0.3 is 12.0 Å². The molecule has 5 nitrogen and oxygen atoms in total. The summed E-state index contributed by atoms with van der Waals surface area (Å²) in [7, 11) is 0. The summed E-state index contributed by atoms with van der Waals surface area (Å²) in [5, 5.41) is 14.1. The van der Waals surface area contributed by atoms with E-state index in [0.29, 0.717) is 19.4 Å². The topological polar surface area (TPSA) is 78.4 Å². The maximum Gasteiger partial charge on any atom is 0.329 e. The molecule has 1 saturated carbocycles. The Balaban J connectivity index is 2.32. The second-order valence-electron chi connectivity index (χ2n) is 3.61. The number of carbonyl (C=O) groups is 2. The third-order valence-electron chi connectivity index (χ3n) is 2.56. The van der Waals surface area contributed by atoms with Crippen molar-refractivity contribution in [2.45, 2.75) is 24.8 Å². The third kappa shape index (κ3) is 3.02. The van der Waals surface area contributed by atoms with Crippen LogP contribution in [-0.4, -0.2) is 41.2 Å². The van der Waals surface area contributed by atoms with Crippen molar-refractivity contribution < 1.29 is 14.7 Å². The molecule has 0 radical (unpaired) electrons. The predicted octanol–water partition coefficient (Wildman–Crippen LogP) is 0.656. The van der Waals surface area contributed by atoms with Crippen LogP contribution in [0.3, 0.4) is 0 Å². The van der Waals surface area contributed by atoms with Gasteiger partial charge in [-0.1, -0.05) is 0 Å². The molecule has 0 heterocycles. The number of amides is 2. The molecule has 0 atom stereocenters. The first kappa shape index (κ1) is 12.2. The molecule has 6 heteroatoms. The number of aliphatic carboxylic acids is 1. The zero-order chi connectivity index (χ0) is 11.3. The number of hydrogen-bond acceptors (Lipinski definition) is 3. The molecule has 15 heavy (non-hydrogen) atoms. The van der Waals surface area contributed by atoms with Crippen LogP contribution in [0.25, 0.3) is 0 Å². The Morgan fingerprint density at radius 2 is 2.13 bits per heavy atom. The fourth-order valence-electron chi connectivity index (χ4n) is 1.45. The van der Waals surface area contributed by atoms with Crippen LogP contribution in [0.15, 0.2) is 0 Å². The lowest BCUT2D eigenvalue weighted by Gasteiger charge is -2.38. The Labute approximate surface area is 93.0 Å². The largest absolute Gasteiger partial charge is 0.480 e. The molecular weight excluding hydrogens is 216 g/mol. The maximum absolute atomic E-state index is 11.3. The third-order valence-corrected chi connectivity index (χ3v) is 3.17. The van der Waals surface area contributed by atoms with Crippen LogP contribution in [0.2, 0.25) is 0 Å². The van der Waals surface area contributed by atoms with Gasteiger partial charge in [0.2, 0.25) is 0 Å². The summed E-state index contributed by atoms with van der Waals surface area (Å²) >= 11 is 1.63. The van der Waals surface area contributed by atoms with Gasteiger partial charge in [0.25, 0.3) is 0 Å². The number of hydrogen-bond donors (Lipinski definition) is 3. The van der Waals surface area contributed by atoms with Gasteiger partial charge in [-0.2, -0.15) is 11.8 Å². The first-order valence-corrected chi connectivity index (χ1v) is 6.28. The summed E-state index contributed by atoms with van der Waals surface area (Å²) in [6.07, 6.45) is 3.86. The van der Waals surface area contributed by atoms with Crippen molar-refractivity contribution in [3.05, 3.63) is 0 Å². The monoisotopic (exact) mass is 232 g/mol. The molecular formula is C9H16N2O3S. The molecule has 1 aliphatic carbocycles. The number of urea groups is 1. The van der Waals surface area contributed by atoms with Crippen LogP contribution in [0, 0.1) is 0 Å². The van der Waals surface area contributed by atoms with E-state index in [9.17, 15) is 9.59 Å². The molecule has 3 N–H and O–H groups in total. The normalized spacial score (nSPS) is 17.7. The first-order valence-electron chi connectivity index (χ1n) is 4.89. The van der Waals surface area contributed by atoms with E-state index in [0.717, 1.165) is 12.2 Å². The van der Waals surface area contributed by atoms with E-state index < -0.39 is 11.5 Å². The van der Waals surface area contributed by atoms with E-state index in [1.165, 1.54) is 0 Å². The molecule has 86 valence electrons. The highest BCUT2D eigenvalue weighted by Gasteiger charge is 2.45. The van der Waals surface area contributed by atoms with Gasteiger partial charge in [0.05, 0.1) is 0 Å². The summed E-state index contributed by atoms with van der Waals surface area (Å²) in [6, 6.07) is -0.383. The van der Waals surface area contributed by atoms with E-state index in [-0.39, 0.29) is 6.03 Å². The summed E-state index contributed by atoms with van der Waals surface area (Å²) in [5.74, 6) is -0.109. The van der Waals surface area contributed by atoms with Crippen LogP contribution in [0.4, 0.5) is 4.79 Å². The highest BCUT2D eigenvalue weighted by atomic mass is 32.2. The molecule has 1 aliphatic rings. The fourth-order valence-corrected chi connectivity index (χ4v) is 1.76. The number of rotatable bonds is 5. The predicted molar refractivity (Wildman–Crippen MR) is 59.1 cm³/mol. The van der Waals surface area contributed by atoms with Gasteiger partial charge < -0.3 is 15.7 Å². The number of carboxylic acids is 1. The van der Waals surface area contributed by atoms with Crippen molar-refractivity contribution in [1.82, 2.24) is 10.6 Å². The maximum atomic E-state index is 11.3. The lowest BCUT2D eigenvalue weighted by atomic mass is 9.77.